The van der Waals surface area contributed by atoms with E-state index in [2.05, 4.69) is 21.2 Å². The number of benzene rings is 3. The van der Waals surface area contributed by atoms with E-state index < -0.39 is 5.97 Å². The summed E-state index contributed by atoms with van der Waals surface area (Å²) in [5.74, 6) is -1.02. The van der Waals surface area contributed by atoms with E-state index in [9.17, 15) is 20.0 Å². The van der Waals surface area contributed by atoms with Crippen LogP contribution in [0, 0.1) is 16.0 Å². The van der Waals surface area contributed by atoms with Crippen LogP contribution in [0.2, 0.25) is 0 Å². The van der Waals surface area contributed by atoms with Gasteiger partial charge in [-0.1, -0.05) is 58.4 Å². The number of aromatic carboxylic acids is 1. The number of halogens is 2. The number of nitro groups is 1. The Morgan fingerprint density at radius 3 is 2.53 bits per heavy atom. The van der Waals surface area contributed by atoms with Crippen LogP contribution in [0.5, 0.6) is 0 Å². The topological polar surface area (TPSA) is 92.5 Å². The number of hydrogen-bond acceptors (Lipinski definition) is 5. The lowest BCUT2D eigenvalue weighted by molar-refractivity contribution is -0.387. The Bertz CT molecular complexity index is 1290. The van der Waals surface area contributed by atoms with Crippen molar-refractivity contribution in [2.45, 2.75) is 33.9 Å². The lowest BCUT2D eigenvalue weighted by atomic mass is 9.76. The van der Waals surface area contributed by atoms with Gasteiger partial charge in [0.15, 0.2) is 0 Å². The zero-order chi connectivity index (χ0) is 24.0. The normalized spacial score (nSPS) is 25.2. The number of nitrogens with one attached hydrogen (secondary N) is 1. The molecule has 6 nitrogen and oxygen atoms in total. The highest BCUT2D eigenvalue weighted by Crippen LogP contribution is 2.59. The van der Waals surface area contributed by atoms with Crippen molar-refractivity contribution in [3.63, 3.8) is 0 Å². The summed E-state index contributed by atoms with van der Waals surface area (Å²) in [4.78, 5) is 23.8. The summed E-state index contributed by atoms with van der Waals surface area (Å²) in [5, 5.41) is 24.5. The fraction of sp³-hybridized carbons (Fsp3) is 0.240. The maximum absolute atomic E-state index is 12.0. The summed E-state index contributed by atoms with van der Waals surface area (Å²) in [6.45, 7) is 0. The summed E-state index contributed by atoms with van der Waals surface area (Å²) in [5.41, 5.74) is 2.80. The molecule has 1 saturated carbocycles. The Morgan fingerprint density at radius 2 is 1.79 bits per heavy atom. The van der Waals surface area contributed by atoms with E-state index in [1.54, 1.807) is 30.3 Å². The second-order valence-corrected chi connectivity index (χ2v) is 11.1. The van der Waals surface area contributed by atoms with Crippen LogP contribution in [-0.2, 0) is 0 Å². The van der Waals surface area contributed by atoms with Crippen molar-refractivity contribution in [2.24, 2.45) is 5.92 Å². The molecule has 0 unspecified atom stereocenters. The number of nitro benzene ring substituents is 1. The first-order valence-electron chi connectivity index (χ1n) is 10.8. The summed E-state index contributed by atoms with van der Waals surface area (Å²) in [6.07, 6.45) is 0.727. The SMILES string of the molecule is O=C(O)c1cccc2c1N[C@@H](c1ccccc1Br)[C@@H]1C[C@H](Sc3ccccc3[N+](=O)[O-])[C@H](Cl)[C@H]21. The molecule has 3 aromatic carbocycles. The van der Waals surface area contributed by atoms with Crippen LogP contribution >= 0.6 is 39.3 Å². The number of rotatable bonds is 5. The van der Waals surface area contributed by atoms with Gasteiger partial charge in [0, 0.05) is 21.7 Å². The Hall–Kier alpha value is -2.55. The highest BCUT2D eigenvalue weighted by Gasteiger charge is 2.51. The molecule has 174 valence electrons. The van der Waals surface area contributed by atoms with Crippen LogP contribution in [0.3, 0.4) is 0 Å². The largest absolute Gasteiger partial charge is 0.478 e. The van der Waals surface area contributed by atoms with E-state index in [-0.39, 0.29) is 44.7 Å². The summed E-state index contributed by atoms with van der Waals surface area (Å²) < 4.78 is 0.934. The van der Waals surface area contributed by atoms with Crippen molar-refractivity contribution in [3.05, 3.63) is 98.0 Å². The Balaban J connectivity index is 1.59. The minimum absolute atomic E-state index is 0.0697. The van der Waals surface area contributed by atoms with Gasteiger partial charge in [0.2, 0.25) is 0 Å². The minimum Gasteiger partial charge on any atom is -0.478 e. The van der Waals surface area contributed by atoms with Crippen LogP contribution in [0.1, 0.15) is 39.9 Å². The predicted molar refractivity (Wildman–Crippen MR) is 137 cm³/mol. The van der Waals surface area contributed by atoms with Crippen molar-refractivity contribution in [3.8, 4) is 0 Å². The minimum atomic E-state index is -0.997. The van der Waals surface area contributed by atoms with Crippen molar-refractivity contribution >= 4 is 56.6 Å². The molecule has 1 fully saturated rings. The van der Waals surface area contributed by atoms with E-state index in [1.807, 2.05) is 30.3 Å². The first kappa shape index (κ1) is 23.2. The number of nitrogens with zero attached hydrogens (tertiary/aromatic N) is 1. The van der Waals surface area contributed by atoms with Gasteiger partial charge in [-0.15, -0.1) is 23.4 Å². The molecular formula is C25H20BrClN2O4S. The third kappa shape index (κ3) is 3.97. The molecule has 0 radical (unpaired) electrons. The summed E-state index contributed by atoms with van der Waals surface area (Å²) in [7, 11) is 0. The molecule has 1 aliphatic heterocycles. The van der Waals surface area contributed by atoms with E-state index in [4.69, 9.17) is 11.6 Å². The lowest BCUT2D eigenvalue weighted by Crippen LogP contribution is -2.32. The Labute approximate surface area is 214 Å². The number of hydrogen-bond donors (Lipinski definition) is 2. The number of anilines is 1. The number of fused-ring (bicyclic) bond motifs is 3. The lowest BCUT2D eigenvalue weighted by Gasteiger charge is -2.39. The molecule has 0 amide bonds. The predicted octanol–water partition coefficient (Wildman–Crippen LogP) is 7.09. The average Bonchev–Trinajstić information content (AvgIpc) is 3.15. The second-order valence-electron chi connectivity index (χ2n) is 8.47. The van der Waals surface area contributed by atoms with Gasteiger partial charge in [0.25, 0.3) is 5.69 Å². The third-order valence-corrected chi connectivity index (χ3v) is 9.49. The molecular weight excluding hydrogens is 540 g/mol. The van der Waals surface area contributed by atoms with Gasteiger partial charge in [0.05, 0.1) is 32.5 Å². The molecule has 5 atom stereocenters. The quantitative estimate of drug-likeness (QED) is 0.197. The van der Waals surface area contributed by atoms with Gasteiger partial charge in [-0.2, -0.15) is 0 Å². The number of carbonyl (C=O) groups is 1. The number of thioether (sulfide) groups is 1. The molecule has 9 heteroatoms. The zero-order valence-electron chi connectivity index (χ0n) is 17.7. The smallest absolute Gasteiger partial charge is 0.337 e. The third-order valence-electron chi connectivity index (χ3n) is 6.66. The fourth-order valence-corrected chi connectivity index (χ4v) is 7.70. The highest BCUT2D eigenvalue weighted by atomic mass is 79.9. The first-order chi connectivity index (χ1) is 16.4. The van der Waals surface area contributed by atoms with Gasteiger partial charge < -0.3 is 10.4 Å². The van der Waals surface area contributed by atoms with Crippen molar-refractivity contribution in [1.82, 2.24) is 0 Å². The van der Waals surface area contributed by atoms with Gasteiger partial charge in [-0.3, -0.25) is 10.1 Å². The number of carboxylic acids is 1. The molecule has 1 aliphatic carbocycles. The molecule has 0 spiro atoms. The molecule has 2 aliphatic rings. The first-order valence-corrected chi connectivity index (χ1v) is 12.9. The van der Waals surface area contributed by atoms with Gasteiger partial charge in [-0.05, 0) is 41.7 Å². The van der Waals surface area contributed by atoms with Crippen molar-refractivity contribution in [2.75, 3.05) is 5.32 Å². The van der Waals surface area contributed by atoms with Crippen LogP contribution in [0.4, 0.5) is 11.4 Å². The van der Waals surface area contributed by atoms with E-state index >= 15 is 0 Å². The standard InChI is InChI=1S/C25H20BrClN2O4S/c26-17-9-2-1-6-13(17)23-16-12-20(34-19-11-4-3-10-18(19)29(32)33)22(27)21(16)14-7-5-8-15(25(30)31)24(14)28-23/h1-11,16,20-23,28H,12H2,(H,30,31)/t16-,20+,21-,22+,23+/m1/s1. The van der Waals surface area contributed by atoms with Crippen molar-refractivity contribution in [1.29, 1.82) is 0 Å². The highest BCUT2D eigenvalue weighted by molar-refractivity contribution is 9.10. The summed E-state index contributed by atoms with van der Waals surface area (Å²) in [6, 6.07) is 19.7. The summed E-state index contributed by atoms with van der Waals surface area (Å²) >= 11 is 12.2. The maximum Gasteiger partial charge on any atom is 0.337 e. The number of alkyl halides is 1. The average molecular weight is 560 g/mol. The molecule has 0 saturated heterocycles. The molecule has 0 aromatic heterocycles. The maximum atomic E-state index is 12.0. The molecule has 34 heavy (non-hydrogen) atoms. The van der Waals surface area contributed by atoms with Crippen LogP contribution in [-0.4, -0.2) is 26.6 Å². The fourth-order valence-electron chi connectivity index (χ4n) is 5.23. The van der Waals surface area contributed by atoms with Crippen LogP contribution in [0.15, 0.2) is 76.1 Å². The molecule has 2 N–H and O–H groups in total. The Kier molecular flexibility index (Phi) is 6.31. The van der Waals surface area contributed by atoms with Crippen LogP contribution < -0.4 is 5.32 Å². The van der Waals surface area contributed by atoms with E-state index in [0.29, 0.717) is 10.6 Å². The molecule has 1 heterocycles. The van der Waals surface area contributed by atoms with Crippen molar-refractivity contribution < 1.29 is 14.8 Å². The van der Waals surface area contributed by atoms with Gasteiger partial charge in [-0.25, -0.2) is 4.79 Å². The molecule has 3 aromatic rings. The van der Waals surface area contributed by atoms with E-state index in [1.165, 1.54) is 17.8 Å². The molecule has 5 rings (SSSR count). The van der Waals surface area contributed by atoms with Crippen LogP contribution in [0.25, 0.3) is 0 Å². The molecule has 0 bridgehead atoms. The van der Waals surface area contributed by atoms with Gasteiger partial charge >= 0.3 is 5.97 Å². The Morgan fingerprint density at radius 1 is 1.09 bits per heavy atom. The van der Waals surface area contributed by atoms with Gasteiger partial charge in [0.1, 0.15) is 0 Å². The van der Waals surface area contributed by atoms with E-state index in [0.717, 1.165) is 22.0 Å². The zero-order valence-corrected chi connectivity index (χ0v) is 20.9. The second kappa shape index (κ2) is 9.24. The number of carboxylic acid groups (broad SMARTS) is 1. The number of para-hydroxylation sites is 2. The monoisotopic (exact) mass is 558 g/mol.